The number of furan rings is 1. The molecule has 0 aliphatic heterocycles. The van der Waals surface area contributed by atoms with Crippen molar-refractivity contribution in [3.8, 4) is 5.75 Å². The van der Waals surface area contributed by atoms with Crippen molar-refractivity contribution in [3.05, 3.63) is 64.4 Å². The average molecular weight is 476 g/mol. The monoisotopic (exact) mass is 475 g/mol. The molecule has 1 aliphatic carbocycles. The lowest BCUT2D eigenvalue weighted by Gasteiger charge is -2.13. The summed E-state index contributed by atoms with van der Waals surface area (Å²) in [5.74, 6) is 1.18. The predicted molar refractivity (Wildman–Crippen MR) is 138 cm³/mol. The third-order valence-corrected chi connectivity index (χ3v) is 6.52. The molecule has 1 heterocycles. The molecule has 0 atom stereocenters. The molecular formula is C29H33NO5. The summed E-state index contributed by atoms with van der Waals surface area (Å²) < 4.78 is 17.2. The van der Waals surface area contributed by atoms with Crippen LogP contribution in [0.25, 0.3) is 16.5 Å². The van der Waals surface area contributed by atoms with Gasteiger partial charge >= 0.3 is 5.97 Å². The normalized spacial score (nSPS) is 13.4. The highest BCUT2D eigenvalue weighted by Crippen LogP contribution is 2.41. The SMILES string of the molecule is CCCCOC(=O)c1ccc(NC(=O)/C=C(\C)c2cc3c4c(oc3c(C)c2OC)CCCC4)cc1. The lowest BCUT2D eigenvalue weighted by molar-refractivity contribution is -0.111. The number of aryl methyl sites for hydroxylation is 3. The lowest BCUT2D eigenvalue weighted by atomic mass is 9.93. The second-order valence-corrected chi connectivity index (χ2v) is 9.05. The number of hydrogen-bond donors (Lipinski definition) is 1. The molecule has 1 aromatic heterocycles. The van der Waals surface area contributed by atoms with Crippen LogP contribution in [-0.4, -0.2) is 25.6 Å². The largest absolute Gasteiger partial charge is 0.496 e. The quantitative estimate of drug-likeness (QED) is 0.225. The van der Waals surface area contributed by atoms with E-state index in [9.17, 15) is 9.59 Å². The first-order chi connectivity index (χ1) is 16.9. The highest BCUT2D eigenvalue weighted by molar-refractivity contribution is 6.05. The molecule has 0 radical (unpaired) electrons. The molecule has 0 fully saturated rings. The number of unbranched alkanes of at least 4 members (excludes halogenated alkanes) is 1. The van der Waals surface area contributed by atoms with E-state index in [0.717, 1.165) is 77.7 Å². The number of methoxy groups -OCH3 is 1. The van der Waals surface area contributed by atoms with Crippen LogP contribution in [0.1, 0.15) is 72.3 Å². The molecule has 6 heteroatoms. The summed E-state index contributed by atoms with van der Waals surface area (Å²) in [5.41, 5.74) is 5.85. The zero-order valence-electron chi connectivity index (χ0n) is 21.0. The van der Waals surface area contributed by atoms with E-state index in [4.69, 9.17) is 13.9 Å². The van der Waals surface area contributed by atoms with Crippen molar-refractivity contribution in [2.45, 2.75) is 59.3 Å². The number of esters is 1. The molecule has 0 saturated carbocycles. The number of fused-ring (bicyclic) bond motifs is 3. The Bertz CT molecular complexity index is 1270. The summed E-state index contributed by atoms with van der Waals surface area (Å²) in [6.45, 7) is 6.36. The molecule has 1 amide bonds. The number of ether oxygens (including phenoxy) is 2. The van der Waals surface area contributed by atoms with Crippen LogP contribution in [0, 0.1) is 6.92 Å². The van der Waals surface area contributed by atoms with E-state index in [1.807, 2.05) is 20.8 Å². The van der Waals surface area contributed by atoms with E-state index < -0.39 is 0 Å². The molecule has 1 aliphatic rings. The lowest BCUT2D eigenvalue weighted by Crippen LogP contribution is -2.10. The molecule has 2 aromatic carbocycles. The smallest absolute Gasteiger partial charge is 0.338 e. The van der Waals surface area contributed by atoms with Gasteiger partial charge in [-0.1, -0.05) is 13.3 Å². The summed E-state index contributed by atoms with van der Waals surface area (Å²) in [5, 5.41) is 3.98. The fourth-order valence-electron chi connectivity index (χ4n) is 4.63. The van der Waals surface area contributed by atoms with Gasteiger partial charge in [-0.2, -0.15) is 0 Å². The van der Waals surface area contributed by atoms with Gasteiger partial charge in [0.2, 0.25) is 5.91 Å². The third kappa shape index (κ3) is 5.26. The maximum Gasteiger partial charge on any atom is 0.338 e. The van der Waals surface area contributed by atoms with Crippen LogP contribution in [-0.2, 0) is 22.4 Å². The Labute approximate surface area is 206 Å². The first-order valence-corrected chi connectivity index (χ1v) is 12.3. The Kier molecular flexibility index (Phi) is 7.59. The number of carbonyl (C=O) groups is 2. The number of nitrogens with one attached hydrogen (secondary N) is 1. The van der Waals surface area contributed by atoms with Gasteiger partial charge in [0.1, 0.15) is 17.1 Å². The topological polar surface area (TPSA) is 77.8 Å². The molecule has 0 unspecified atom stereocenters. The van der Waals surface area contributed by atoms with Crippen LogP contribution < -0.4 is 10.1 Å². The second kappa shape index (κ2) is 10.8. The van der Waals surface area contributed by atoms with E-state index in [2.05, 4.69) is 11.4 Å². The Morgan fingerprint density at radius 2 is 1.89 bits per heavy atom. The fourth-order valence-corrected chi connectivity index (χ4v) is 4.63. The molecule has 1 N–H and O–H groups in total. The summed E-state index contributed by atoms with van der Waals surface area (Å²) >= 11 is 0. The summed E-state index contributed by atoms with van der Waals surface area (Å²) in [7, 11) is 1.64. The first-order valence-electron chi connectivity index (χ1n) is 12.3. The Balaban J connectivity index is 1.53. The van der Waals surface area contributed by atoms with Crippen LogP contribution in [0.3, 0.4) is 0 Å². The molecular weight excluding hydrogens is 442 g/mol. The molecule has 0 spiro atoms. The van der Waals surface area contributed by atoms with Gasteiger partial charge in [0.05, 0.1) is 19.3 Å². The number of anilines is 1. The molecule has 4 rings (SSSR count). The summed E-state index contributed by atoms with van der Waals surface area (Å²) in [4.78, 5) is 24.9. The van der Waals surface area contributed by atoms with Crippen LogP contribution in [0.5, 0.6) is 5.75 Å². The van der Waals surface area contributed by atoms with Crippen LogP contribution in [0.2, 0.25) is 0 Å². The summed E-state index contributed by atoms with van der Waals surface area (Å²) in [6.07, 6.45) is 7.67. The van der Waals surface area contributed by atoms with Crippen molar-refractivity contribution in [3.63, 3.8) is 0 Å². The van der Waals surface area contributed by atoms with Gasteiger partial charge in [0.25, 0.3) is 0 Å². The number of carbonyl (C=O) groups excluding carboxylic acids is 2. The van der Waals surface area contributed by atoms with Crippen LogP contribution >= 0.6 is 0 Å². The van der Waals surface area contributed by atoms with E-state index in [0.29, 0.717) is 17.9 Å². The van der Waals surface area contributed by atoms with Gasteiger partial charge < -0.3 is 19.2 Å². The fraction of sp³-hybridized carbons (Fsp3) is 0.379. The number of amides is 1. The number of allylic oxidation sites excluding steroid dienone is 1. The zero-order valence-corrected chi connectivity index (χ0v) is 21.0. The van der Waals surface area contributed by atoms with Crippen molar-refractivity contribution in [2.24, 2.45) is 0 Å². The van der Waals surface area contributed by atoms with Crippen molar-refractivity contribution in [2.75, 3.05) is 19.0 Å². The van der Waals surface area contributed by atoms with E-state index in [1.165, 1.54) is 5.56 Å². The summed E-state index contributed by atoms with van der Waals surface area (Å²) in [6, 6.07) is 8.80. The maximum absolute atomic E-state index is 12.8. The minimum absolute atomic E-state index is 0.255. The van der Waals surface area contributed by atoms with Crippen molar-refractivity contribution < 1.29 is 23.5 Å². The van der Waals surface area contributed by atoms with Gasteiger partial charge in [-0.05, 0) is 75.4 Å². The highest BCUT2D eigenvalue weighted by Gasteiger charge is 2.23. The molecule has 6 nitrogen and oxygen atoms in total. The van der Waals surface area contributed by atoms with Gasteiger partial charge in [0, 0.05) is 40.3 Å². The first kappa shape index (κ1) is 24.6. The van der Waals surface area contributed by atoms with Crippen LogP contribution in [0.15, 0.2) is 40.8 Å². The number of rotatable bonds is 8. The Morgan fingerprint density at radius 1 is 1.14 bits per heavy atom. The number of benzene rings is 2. The Hall–Kier alpha value is -3.54. The highest BCUT2D eigenvalue weighted by atomic mass is 16.5. The average Bonchev–Trinajstić information content (AvgIpc) is 3.23. The minimum atomic E-state index is -0.355. The molecule has 0 bridgehead atoms. The Morgan fingerprint density at radius 3 is 2.60 bits per heavy atom. The van der Waals surface area contributed by atoms with Gasteiger partial charge in [-0.25, -0.2) is 4.79 Å². The van der Waals surface area contributed by atoms with Crippen molar-refractivity contribution >= 4 is 34.1 Å². The maximum atomic E-state index is 12.8. The standard InChI is InChI=1S/C29H33NO5/c1-5-6-15-34-29(32)20-11-13-21(14-12-20)30-26(31)16-18(2)23-17-24-22-9-7-8-10-25(22)35-28(24)19(3)27(23)33-4/h11-14,16-17H,5-10,15H2,1-4H3,(H,30,31)/b18-16+. The second-order valence-electron chi connectivity index (χ2n) is 9.05. The molecule has 0 saturated heterocycles. The van der Waals surface area contributed by atoms with Crippen molar-refractivity contribution in [1.82, 2.24) is 0 Å². The third-order valence-electron chi connectivity index (χ3n) is 6.52. The van der Waals surface area contributed by atoms with E-state index in [-0.39, 0.29) is 11.9 Å². The zero-order chi connectivity index (χ0) is 24.9. The van der Waals surface area contributed by atoms with Crippen molar-refractivity contribution in [1.29, 1.82) is 0 Å². The van der Waals surface area contributed by atoms with Crippen LogP contribution in [0.4, 0.5) is 5.69 Å². The predicted octanol–water partition coefficient (Wildman–Crippen LogP) is 6.63. The van der Waals surface area contributed by atoms with Gasteiger partial charge in [-0.3, -0.25) is 4.79 Å². The minimum Gasteiger partial charge on any atom is -0.496 e. The molecule has 3 aromatic rings. The number of hydrogen-bond acceptors (Lipinski definition) is 5. The molecule has 184 valence electrons. The van der Waals surface area contributed by atoms with E-state index >= 15 is 0 Å². The van der Waals surface area contributed by atoms with E-state index in [1.54, 1.807) is 37.5 Å². The van der Waals surface area contributed by atoms with Gasteiger partial charge in [0.15, 0.2) is 0 Å². The molecule has 35 heavy (non-hydrogen) atoms. The van der Waals surface area contributed by atoms with Gasteiger partial charge in [-0.15, -0.1) is 0 Å².